The highest BCUT2D eigenvalue weighted by Crippen LogP contribution is 2.45. The summed E-state index contributed by atoms with van der Waals surface area (Å²) in [6.45, 7) is 0. The summed E-state index contributed by atoms with van der Waals surface area (Å²) in [6.07, 6.45) is 0.305. The normalized spacial score (nSPS) is 16.2. The first-order valence-corrected chi connectivity index (χ1v) is 7.84. The second-order valence-corrected chi connectivity index (χ2v) is 5.92. The van der Waals surface area contributed by atoms with Crippen molar-refractivity contribution in [2.45, 2.75) is 12.3 Å². The number of rotatable bonds is 4. The van der Waals surface area contributed by atoms with Gasteiger partial charge in [0, 0.05) is 34.7 Å². The zero-order valence-electron chi connectivity index (χ0n) is 13.7. The van der Waals surface area contributed by atoms with Crippen molar-refractivity contribution < 1.29 is 19.0 Å². The van der Waals surface area contributed by atoms with Crippen LogP contribution >= 0.6 is 11.6 Å². The molecule has 0 aliphatic carbocycles. The average Bonchev–Trinajstić information content (AvgIpc) is 2.59. The first kappa shape index (κ1) is 16.5. The van der Waals surface area contributed by atoms with Crippen molar-refractivity contribution in [3.05, 3.63) is 46.5 Å². The number of ether oxygens (including phenoxy) is 3. The minimum atomic E-state index is -0.179. The van der Waals surface area contributed by atoms with Crippen molar-refractivity contribution in [1.82, 2.24) is 0 Å². The minimum absolute atomic E-state index is 0.0678. The van der Waals surface area contributed by atoms with Gasteiger partial charge in [0.1, 0.15) is 5.75 Å². The molecule has 1 aliphatic heterocycles. The molecule has 0 radical (unpaired) electrons. The van der Waals surface area contributed by atoms with Gasteiger partial charge >= 0.3 is 0 Å². The maximum atomic E-state index is 12.2. The Morgan fingerprint density at radius 3 is 2.29 bits per heavy atom. The van der Waals surface area contributed by atoms with Crippen LogP contribution in [0.4, 0.5) is 5.69 Å². The number of amides is 1. The molecule has 5 nitrogen and oxygen atoms in total. The monoisotopic (exact) mass is 347 g/mol. The van der Waals surface area contributed by atoms with E-state index in [-0.39, 0.29) is 11.8 Å². The smallest absolute Gasteiger partial charge is 0.225 e. The van der Waals surface area contributed by atoms with Crippen molar-refractivity contribution in [3.8, 4) is 17.2 Å². The van der Waals surface area contributed by atoms with Gasteiger partial charge in [-0.2, -0.15) is 0 Å². The van der Waals surface area contributed by atoms with Gasteiger partial charge < -0.3 is 19.5 Å². The van der Waals surface area contributed by atoms with Gasteiger partial charge in [0.2, 0.25) is 5.91 Å². The first-order chi connectivity index (χ1) is 11.6. The number of fused-ring (bicyclic) bond motifs is 1. The van der Waals surface area contributed by atoms with E-state index in [1.807, 2.05) is 18.2 Å². The molecule has 24 heavy (non-hydrogen) atoms. The number of nitrogens with one attached hydrogen (secondary N) is 1. The van der Waals surface area contributed by atoms with Crippen LogP contribution in [0, 0.1) is 0 Å². The Hall–Kier alpha value is -2.40. The number of carbonyl (C=O) groups excluding carboxylic acids is 1. The van der Waals surface area contributed by atoms with Crippen LogP contribution in [0.3, 0.4) is 0 Å². The second kappa shape index (κ2) is 6.61. The molecule has 2 aromatic carbocycles. The van der Waals surface area contributed by atoms with Gasteiger partial charge in [0.25, 0.3) is 0 Å². The van der Waals surface area contributed by atoms with E-state index in [1.165, 1.54) is 0 Å². The van der Waals surface area contributed by atoms with Crippen LogP contribution in [0.5, 0.6) is 17.2 Å². The third-order valence-electron chi connectivity index (χ3n) is 4.16. The molecule has 6 heteroatoms. The molecule has 0 fully saturated rings. The van der Waals surface area contributed by atoms with Crippen LogP contribution in [0.25, 0.3) is 0 Å². The van der Waals surface area contributed by atoms with Crippen molar-refractivity contribution in [1.29, 1.82) is 0 Å². The number of halogens is 1. The number of methoxy groups -OCH3 is 3. The number of anilines is 1. The van der Waals surface area contributed by atoms with Crippen molar-refractivity contribution in [2.75, 3.05) is 26.6 Å². The highest BCUT2D eigenvalue weighted by atomic mass is 35.5. The molecule has 1 amide bonds. The van der Waals surface area contributed by atoms with Gasteiger partial charge in [-0.25, -0.2) is 0 Å². The molecule has 1 unspecified atom stereocenters. The largest absolute Gasteiger partial charge is 0.496 e. The minimum Gasteiger partial charge on any atom is -0.496 e. The molecular weight excluding hydrogens is 330 g/mol. The van der Waals surface area contributed by atoms with Crippen LogP contribution in [-0.2, 0) is 4.79 Å². The molecule has 2 aromatic rings. The van der Waals surface area contributed by atoms with Crippen molar-refractivity contribution >= 4 is 23.2 Å². The van der Waals surface area contributed by atoms with Crippen LogP contribution in [-0.4, -0.2) is 27.2 Å². The maximum Gasteiger partial charge on any atom is 0.225 e. The number of hydrogen-bond acceptors (Lipinski definition) is 4. The highest BCUT2D eigenvalue weighted by molar-refractivity contribution is 6.30. The molecule has 1 N–H and O–H groups in total. The van der Waals surface area contributed by atoms with E-state index in [9.17, 15) is 4.79 Å². The Morgan fingerprint density at radius 2 is 1.62 bits per heavy atom. The van der Waals surface area contributed by atoms with E-state index < -0.39 is 0 Å². The lowest BCUT2D eigenvalue weighted by Gasteiger charge is -2.28. The Labute approximate surface area is 145 Å². The fourth-order valence-electron chi connectivity index (χ4n) is 3.04. The van der Waals surface area contributed by atoms with Gasteiger partial charge in [-0.15, -0.1) is 0 Å². The van der Waals surface area contributed by atoms with Crippen LogP contribution in [0.15, 0.2) is 30.3 Å². The quantitative estimate of drug-likeness (QED) is 0.913. The standard InChI is InChI=1S/C18H18ClNO4/c1-22-15-5-4-10(19)6-13(15)11-8-18(21)20-14-9-17(24-3)16(23-2)7-12(11)14/h4-7,9,11H,8H2,1-3H3,(H,20,21). The van der Waals surface area contributed by atoms with E-state index in [2.05, 4.69) is 5.32 Å². The van der Waals surface area contributed by atoms with Gasteiger partial charge in [0.15, 0.2) is 11.5 Å². The zero-order valence-corrected chi connectivity index (χ0v) is 14.4. The summed E-state index contributed by atoms with van der Waals surface area (Å²) in [4.78, 5) is 12.2. The van der Waals surface area contributed by atoms with Gasteiger partial charge in [-0.05, 0) is 29.8 Å². The summed E-state index contributed by atoms with van der Waals surface area (Å²) >= 11 is 6.16. The predicted molar refractivity (Wildman–Crippen MR) is 92.6 cm³/mol. The average molecular weight is 348 g/mol. The third kappa shape index (κ3) is 2.87. The Kier molecular flexibility index (Phi) is 4.53. The zero-order chi connectivity index (χ0) is 17.3. The van der Waals surface area contributed by atoms with Gasteiger partial charge in [-0.3, -0.25) is 4.79 Å². The van der Waals surface area contributed by atoms with Crippen LogP contribution in [0.1, 0.15) is 23.5 Å². The number of benzene rings is 2. The molecule has 0 bridgehead atoms. The molecule has 0 spiro atoms. The summed E-state index contributed by atoms with van der Waals surface area (Å²) in [6, 6.07) is 9.07. The Morgan fingerprint density at radius 1 is 0.958 bits per heavy atom. The number of hydrogen-bond donors (Lipinski definition) is 1. The fraction of sp³-hybridized carbons (Fsp3) is 0.278. The molecule has 1 aliphatic rings. The van der Waals surface area contributed by atoms with E-state index in [0.717, 1.165) is 11.1 Å². The van der Waals surface area contributed by atoms with Gasteiger partial charge in [-0.1, -0.05) is 11.6 Å². The van der Waals surface area contributed by atoms with Crippen LogP contribution < -0.4 is 19.5 Å². The van der Waals surface area contributed by atoms with E-state index in [1.54, 1.807) is 33.5 Å². The molecule has 3 rings (SSSR count). The molecule has 0 aromatic heterocycles. The molecule has 1 atom stereocenters. The van der Waals surface area contributed by atoms with Crippen molar-refractivity contribution in [3.63, 3.8) is 0 Å². The molecule has 0 saturated heterocycles. The molecule has 126 valence electrons. The lowest BCUT2D eigenvalue weighted by Crippen LogP contribution is -2.24. The van der Waals surface area contributed by atoms with E-state index in [4.69, 9.17) is 25.8 Å². The molecule has 0 saturated carbocycles. The first-order valence-electron chi connectivity index (χ1n) is 7.46. The third-order valence-corrected chi connectivity index (χ3v) is 4.40. The summed E-state index contributed by atoms with van der Waals surface area (Å²) in [5.74, 6) is 1.62. The van der Waals surface area contributed by atoms with E-state index in [0.29, 0.717) is 34.4 Å². The molecular formula is C18H18ClNO4. The second-order valence-electron chi connectivity index (χ2n) is 5.49. The lowest BCUT2D eigenvalue weighted by molar-refractivity contribution is -0.116. The number of carbonyl (C=O) groups is 1. The van der Waals surface area contributed by atoms with Crippen molar-refractivity contribution in [2.24, 2.45) is 0 Å². The Balaban J connectivity index is 2.18. The SMILES string of the molecule is COc1cc2c(cc1OC)C(c1cc(Cl)ccc1OC)CC(=O)N2. The molecule has 1 heterocycles. The van der Waals surface area contributed by atoms with Crippen LogP contribution in [0.2, 0.25) is 5.02 Å². The maximum absolute atomic E-state index is 12.2. The summed E-state index contributed by atoms with van der Waals surface area (Å²) in [7, 11) is 4.75. The Bertz CT molecular complexity index is 791. The topological polar surface area (TPSA) is 56.8 Å². The summed E-state index contributed by atoms with van der Waals surface area (Å²) < 4.78 is 16.2. The summed E-state index contributed by atoms with van der Waals surface area (Å²) in [5.41, 5.74) is 2.51. The lowest BCUT2D eigenvalue weighted by atomic mass is 9.84. The summed E-state index contributed by atoms with van der Waals surface area (Å²) in [5, 5.41) is 3.49. The predicted octanol–water partition coefficient (Wildman–Crippen LogP) is 3.84. The highest BCUT2D eigenvalue weighted by Gasteiger charge is 2.30. The van der Waals surface area contributed by atoms with E-state index >= 15 is 0 Å². The fourth-order valence-corrected chi connectivity index (χ4v) is 3.22. The van der Waals surface area contributed by atoms with Gasteiger partial charge in [0.05, 0.1) is 21.3 Å².